The number of quaternary nitrogens is 1. The van der Waals surface area contributed by atoms with E-state index in [9.17, 15) is 8.78 Å². The van der Waals surface area contributed by atoms with Crippen molar-refractivity contribution in [2.45, 2.75) is 24.3 Å². The van der Waals surface area contributed by atoms with Gasteiger partial charge in [-0.15, -0.1) is 0 Å². The highest BCUT2D eigenvalue weighted by molar-refractivity contribution is 7.97. The van der Waals surface area contributed by atoms with E-state index in [1.54, 1.807) is 37.0 Å². The zero-order valence-electron chi connectivity index (χ0n) is 18.6. The quantitative estimate of drug-likeness (QED) is 0.383. The van der Waals surface area contributed by atoms with Crippen molar-refractivity contribution in [2.24, 2.45) is 0 Å². The number of ether oxygens (including phenoxy) is 2. The molecule has 3 aromatic rings. The SMILES string of the molecule is CO[NH3+].COc1ccc(CN(C)Sc2ccccc2-n2cc(CC(F)F)cn2)c(OC)c1. The summed E-state index contributed by atoms with van der Waals surface area (Å²) in [5.41, 5.74) is 2.38. The predicted octanol–water partition coefficient (Wildman–Crippen LogP) is 3.63. The topological polar surface area (TPSA) is 76.4 Å². The third-order valence-electron chi connectivity index (χ3n) is 4.28. The van der Waals surface area contributed by atoms with Crippen LogP contribution < -0.4 is 15.4 Å². The van der Waals surface area contributed by atoms with Crippen molar-refractivity contribution >= 4 is 11.9 Å². The van der Waals surface area contributed by atoms with E-state index in [4.69, 9.17) is 9.47 Å². The lowest BCUT2D eigenvalue weighted by Crippen LogP contribution is -2.46. The Labute approximate surface area is 191 Å². The van der Waals surface area contributed by atoms with E-state index in [1.165, 1.54) is 13.3 Å². The van der Waals surface area contributed by atoms with Crippen LogP contribution in [0, 0.1) is 0 Å². The first-order valence-electron chi connectivity index (χ1n) is 9.71. The van der Waals surface area contributed by atoms with Crippen molar-refractivity contribution in [3.63, 3.8) is 0 Å². The number of para-hydroxylation sites is 1. The standard InChI is InChI=1S/C21H23F2N3O2S.CH6NO/c1-25(14-16-8-9-17(27-2)11-19(16)28-3)29-20-7-5-4-6-18(20)26-13-15(12-24-26)10-21(22)23;1-3-2/h4-9,11-13,21H,10,14H2,1-3H3;1-2H3/q;+1. The van der Waals surface area contributed by atoms with Crippen molar-refractivity contribution in [1.29, 1.82) is 0 Å². The summed E-state index contributed by atoms with van der Waals surface area (Å²) in [7, 11) is 6.75. The lowest BCUT2D eigenvalue weighted by molar-refractivity contribution is -0.679. The molecule has 0 saturated carbocycles. The van der Waals surface area contributed by atoms with Crippen LogP contribution in [0.2, 0.25) is 0 Å². The van der Waals surface area contributed by atoms with E-state index in [2.05, 4.69) is 20.1 Å². The van der Waals surface area contributed by atoms with E-state index in [0.29, 0.717) is 12.1 Å². The van der Waals surface area contributed by atoms with E-state index in [-0.39, 0.29) is 6.42 Å². The largest absolute Gasteiger partial charge is 0.497 e. The molecule has 0 spiro atoms. The molecule has 0 bridgehead atoms. The van der Waals surface area contributed by atoms with Crippen LogP contribution in [0.4, 0.5) is 8.78 Å². The van der Waals surface area contributed by atoms with Crippen LogP contribution in [0.25, 0.3) is 5.69 Å². The molecule has 0 atom stereocenters. The van der Waals surface area contributed by atoms with Gasteiger partial charge in [0.25, 0.3) is 0 Å². The van der Waals surface area contributed by atoms with Crippen LogP contribution in [0.3, 0.4) is 0 Å². The molecule has 0 radical (unpaired) electrons. The molecule has 32 heavy (non-hydrogen) atoms. The van der Waals surface area contributed by atoms with E-state index < -0.39 is 6.43 Å². The number of hydrogen-bond acceptors (Lipinski definition) is 6. The molecule has 0 amide bonds. The Balaban J connectivity index is 0.00000114. The van der Waals surface area contributed by atoms with Crippen LogP contribution in [0.5, 0.6) is 11.5 Å². The molecule has 0 unspecified atom stereocenters. The highest BCUT2D eigenvalue weighted by Gasteiger charge is 2.13. The lowest BCUT2D eigenvalue weighted by Gasteiger charge is -2.19. The summed E-state index contributed by atoms with van der Waals surface area (Å²) in [6.07, 6.45) is 0.451. The number of aromatic nitrogens is 2. The van der Waals surface area contributed by atoms with Gasteiger partial charge >= 0.3 is 0 Å². The Morgan fingerprint density at radius 2 is 1.84 bits per heavy atom. The average molecular weight is 468 g/mol. The second-order valence-corrected chi connectivity index (χ2v) is 7.95. The molecule has 0 aliphatic heterocycles. The van der Waals surface area contributed by atoms with Crippen LogP contribution in [-0.2, 0) is 17.8 Å². The molecular formula is C22H29F2N4O3S+. The monoisotopic (exact) mass is 467 g/mol. The summed E-state index contributed by atoms with van der Waals surface area (Å²) in [6, 6.07) is 13.5. The van der Waals surface area contributed by atoms with Gasteiger partial charge in [0.05, 0.1) is 33.2 Å². The second kappa shape index (κ2) is 13.0. The van der Waals surface area contributed by atoms with E-state index >= 15 is 0 Å². The van der Waals surface area contributed by atoms with Crippen molar-refractivity contribution in [3.8, 4) is 17.2 Å². The molecule has 3 rings (SSSR count). The molecule has 10 heteroatoms. The molecule has 1 aromatic heterocycles. The maximum atomic E-state index is 12.6. The van der Waals surface area contributed by atoms with Crippen LogP contribution >= 0.6 is 11.9 Å². The summed E-state index contributed by atoms with van der Waals surface area (Å²) in [5.74, 6) is 4.48. The van der Waals surface area contributed by atoms with Gasteiger partial charge in [-0.2, -0.15) is 5.10 Å². The van der Waals surface area contributed by atoms with E-state index in [0.717, 1.165) is 27.6 Å². The fourth-order valence-corrected chi connectivity index (χ4v) is 3.86. The fourth-order valence-electron chi connectivity index (χ4n) is 2.92. The molecule has 174 valence electrons. The first-order chi connectivity index (χ1) is 15.4. The number of hydrogen-bond donors (Lipinski definition) is 1. The third-order valence-corrected chi connectivity index (χ3v) is 5.26. The van der Waals surface area contributed by atoms with Crippen molar-refractivity contribution in [2.75, 3.05) is 28.4 Å². The molecule has 2 aromatic carbocycles. The first-order valence-corrected chi connectivity index (χ1v) is 10.5. The number of halogens is 2. The van der Waals surface area contributed by atoms with Crippen LogP contribution in [-0.4, -0.2) is 48.9 Å². The zero-order chi connectivity index (χ0) is 23.5. The molecular weight excluding hydrogens is 438 g/mol. The average Bonchev–Trinajstić information content (AvgIpc) is 3.22. The van der Waals surface area contributed by atoms with Crippen molar-refractivity contribution in [1.82, 2.24) is 14.1 Å². The molecule has 0 aliphatic carbocycles. The Bertz CT molecular complexity index is 972. The molecule has 0 aliphatic rings. The predicted molar refractivity (Wildman–Crippen MR) is 120 cm³/mol. The normalized spacial score (nSPS) is 10.8. The van der Waals surface area contributed by atoms with Crippen molar-refractivity contribution in [3.05, 3.63) is 66.0 Å². The highest BCUT2D eigenvalue weighted by atomic mass is 32.2. The van der Waals surface area contributed by atoms with Gasteiger partial charge in [0.15, 0.2) is 0 Å². The molecule has 1 heterocycles. The van der Waals surface area contributed by atoms with Gasteiger partial charge in [0.1, 0.15) is 11.5 Å². The minimum atomic E-state index is -2.39. The second-order valence-electron chi connectivity index (χ2n) is 6.70. The van der Waals surface area contributed by atoms with Gasteiger partial charge in [-0.05, 0) is 42.8 Å². The molecule has 7 nitrogen and oxygen atoms in total. The molecule has 3 N–H and O–H groups in total. The fraction of sp³-hybridized carbons (Fsp3) is 0.318. The maximum absolute atomic E-state index is 12.6. The summed E-state index contributed by atoms with van der Waals surface area (Å²) in [6.45, 7) is 0.641. The number of alkyl halides is 2. The Kier molecular flexibility index (Phi) is 10.4. The summed E-state index contributed by atoms with van der Waals surface area (Å²) >= 11 is 1.55. The highest BCUT2D eigenvalue weighted by Crippen LogP contribution is 2.32. The number of nitrogens with zero attached hydrogens (tertiary/aromatic N) is 3. The zero-order valence-corrected chi connectivity index (χ0v) is 19.4. The molecule has 0 fully saturated rings. The number of benzene rings is 2. The number of rotatable bonds is 9. The Morgan fingerprint density at radius 3 is 2.50 bits per heavy atom. The molecule has 0 saturated heterocycles. The van der Waals surface area contributed by atoms with Gasteiger partial charge in [0, 0.05) is 35.7 Å². The van der Waals surface area contributed by atoms with Crippen LogP contribution in [0.15, 0.2) is 59.8 Å². The van der Waals surface area contributed by atoms with Gasteiger partial charge in [-0.1, -0.05) is 18.2 Å². The van der Waals surface area contributed by atoms with Crippen molar-refractivity contribution < 1.29 is 29.0 Å². The van der Waals surface area contributed by atoms with Crippen LogP contribution in [0.1, 0.15) is 11.1 Å². The van der Waals surface area contributed by atoms with Gasteiger partial charge in [-0.3, -0.25) is 0 Å². The number of methoxy groups -OCH3 is 2. The summed E-state index contributed by atoms with van der Waals surface area (Å²) in [4.78, 5) is 4.97. The van der Waals surface area contributed by atoms with E-state index in [1.807, 2.05) is 49.5 Å². The first kappa shape index (κ1) is 25.6. The van der Waals surface area contributed by atoms with Gasteiger partial charge < -0.3 is 9.47 Å². The Morgan fingerprint density at radius 1 is 1.12 bits per heavy atom. The van der Waals surface area contributed by atoms with Gasteiger partial charge in [0.2, 0.25) is 6.43 Å². The third kappa shape index (κ3) is 7.49. The van der Waals surface area contributed by atoms with Gasteiger partial charge in [-0.25, -0.2) is 28.5 Å². The minimum absolute atomic E-state index is 0.299. The Hall–Kier alpha value is -2.66. The summed E-state index contributed by atoms with van der Waals surface area (Å²) in [5, 5.41) is 4.26. The lowest BCUT2D eigenvalue weighted by atomic mass is 10.2. The summed E-state index contributed by atoms with van der Waals surface area (Å²) < 4.78 is 39.7. The minimum Gasteiger partial charge on any atom is -0.497 e. The smallest absolute Gasteiger partial charge is 0.242 e. The maximum Gasteiger partial charge on any atom is 0.242 e.